The maximum absolute atomic E-state index is 5.67. The van der Waals surface area contributed by atoms with Crippen LogP contribution in [0.2, 0.25) is 0 Å². The van der Waals surface area contributed by atoms with Gasteiger partial charge in [0, 0.05) is 19.6 Å². The van der Waals surface area contributed by atoms with E-state index in [1.54, 1.807) is 0 Å². The number of rotatable bonds is 3. The van der Waals surface area contributed by atoms with E-state index in [4.69, 9.17) is 9.47 Å². The highest BCUT2D eigenvalue weighted by Gasteiger charge is 2.15. The van der Waals surface area contributed by atoms with Gasteiger partial charge in [-0.3, -0.25) is 4.90 Å². The average Bonchev–Trinajstić information content (AvgIpc) is 2.63. The highest BCUT2D eigenvalue weighted by molar-refractivity contribution is 5.66. The van der Waals surface area contributed by atoms with E-state index >= 15 is 0 Å². The molecular weight excluding hydrogens is 286 g/mol. The number of ether oxygens (including phenoxy) is 2. The molecule has 0 atom stereocenters. The molecule has 0 aliphatic carbocycles. The zero-order valence-electron chi connectivity index (χ0n) is 13.2. The second-order valence-corrected chi connectivity index (χ2v) is 6.06. The van der Waals surface area contributed by atoms with Crippen molar-refractivity contribution in [2.45, 2.75) is 13.0 Å². The van der Waals surface area contributed by atoms with Crippen molar-refractivity contribution in [2.24, 2.45) is 0 Å². The molecule has 0 aromatic heterocycles. The summed E-state index contributed by atoms with van der Waals surface area (Å²) in [4.78, 5) is 2.47. The third kappa shape index (κ3) is 3.25. The molecule has 0 spiro atoms. The molecule has 4 rings (SSSR count). The lowest BCUT2D eigenvalue weighted by atomic mass is 9.99. The van der Waals surface area contributed by atoms with Crippen molar-refractivity contribution in [3.63, 3.8) is 0 Å². The van der Waals surface area contributed by atoms with Crippen LogP contribution in [0.3, 0.4) is 0 Å². The molecule has 0 amide bonds. The predicted molar refractivity (Wildman–Crippen MR) is 91.7 cm³/mol. The molecule has 3 nitrogen and oxygen atoms in total. The molecule has 0 N–H and O–H groups in total. The van der Waals surface area contributed by atoms with E-state index < -0.39 is 0 Å². The monoisotopic (exact) mass is 307 g/mol. The number of nitrogens with zero attached hydrogens (tertiary/aromatic N) is 1. The Morgan fingerprint density at radius 3 is 2.52 bits per heavy atom. The van der Waals surface area contributed by atoms with Crippen molar-refractivity contribution in [3.05, 3.63) is 65.7 Å². The van der Waals surface area contributed by atoms with Crippen LogP contribution in [-0.2, 0) is 6.54 Å². The lowest BCUT2D eigenvalue weighted by Gasteiger charge is -2.27. The highest BCUT2D eigenvalue weighted by atomic mass is 16.6. The highest BCUT2D eigenvalue weighted by Crippen LogP contribution is 2.31. The molecule has 118 valence electrons. The standard InChI is InChI=1S/C20H21NO2/c1-2-4-17(5-3-1)18-8-10-21(11-9-18)15-16-6-7-19-20(14-16)23-13-12-22-19/h1-8,14H,9-13,15H2. The number of fused-ring (bicyclic) bond motifs is 1. The molecule has 2 heterocycles. The summed E-state index contributed by atoms with van der Waals surface area (Å²) in [6.07, 6.45) is 3.46. The zero-order chi connectivity index (χ0) is 15.5. The molecule has 0 fully saturated rings. The fraction of sp³-hybridized carbons (Fsp3) is 0.300. The van der Waals surface area contributed by atoms with E-state index in [1.807, 2.05) is 6.07 Å². The number of hydrogen-bond acceptors (Lipinski definition) is 3. The normalized spacial score (nSPS) is 17.7. The molecule has 0 saturated carbocycles. The maximum Gasteiger partial charge on any atom is 0.161 e. The fourth-order valence-corrected chi connectivity index (χ4v) is 3.21. The van der Waals surface area contributed by atoms with Crippen LogP contribution < -0.4 is 9.47 Å². The van der Waals surface area contributed by atoms with Gasteiger partial charge in [-0.05, 0) is 35.3 Å². The Balaban J connectivity index is 1.42. The minimum atomic E-state index is 0.642. The van der Waals surface area contributed by atoms with Gasteiger partial charge in [0.15, 0.2) is 11.5 Å². The van der Waals surface area contributed by atoms with E-state index in [9.17, 15) is 0 Å². The molecule has 0 radical (unpaired) electrons. The first-order valence-electron chi connectivity index (χ1n) is 8.24. The van der Waals surface area contributed by atoms with Gasteiger partial charge in [0.2, 0.25) is 0 Å². The molecule has 2 aliphatic heterocycles. The first kappa shape index (κ1) is 14.3. The summed E-state index contributed by atoms with van der Waals surface area (Å²) in [6, 6.07) is 17.0. The summed E-state index contributed by atoms with van der Waals surface area (Å²) in [5, 5.41) is 0. The van der Waals surface area contributed by atoms with Gasteiger partial charge < -0.3 is 9.47 Å². The van der Waals surface area contributed by atoms with Gasteiger partial charge in [-0.15, -0.1) is 0 Å². The van der Waals surface area contributed by atoms with Crippen molar-refractivity contribution < 1.29 is 9.47 Å². The number of hydrogen-bond donors (Lipinski definition) is 0. The third-order valence-electron chi connectivity index (χ3n) is 4.45. The van der Waals surface area contributed by atoms with E-state index in [1.165, 1.54) is 16.7 Å². The van der Waals surface area contributed by atoms with Crippen molar-refractivity contribution in [2.75, 3.05) is 26.3 Å². The topological polar surface area (TPSA) is 21.7 Å². The SMILES string of the molecule is C1=C(c2ccccc2)CCN(Cc2ccc3c(c2)OCCO3)C1. The van der Waals surface area contributed by atoms with Gasteiger partial charge in [-0.1, -0.05) is 42.5 Å². The largest absolute Gasteiger partial charge is 0.486 e. The summed E-state index contributed by atoms with van der Waals surface area (Å²) >= 11 is 0. The first-order valence-corrected chi connectivity index (χ1v) is 8.24. The second kappa shape index (κ2) is 6.47. The average molecular weight is 307 g/mol. The van der Waals surface area contributed by atoms with Crippen molar-refractivity contribution in [1.82, 2.24) is 4.90 Å². The Labute approximate surface area is 137 Å². The fourth-order valence-electron chi connectivity index (χ4n) is 3.21. The Hall–Kier alpha value is -2.26. The summed E-state index contributed by atoms with van der Waals surface area (Å²) in [6.45, 7) is 4.33. The van der Waals surface area contributed by atoms with Crippen LogP contribution in [0.4, 0.5) is 0 Å². The minimum absolute atomic E-state index is 0.642. The second-order valence-electron chi connectivity index (χ2n) is 6.06. The van der Waals surface area contributed by atoms with Crippen molar-refractivity contribution in [1.29, 1.82) is 0 Å². The summed E-state index contributed by atoms with van der Waals surface area (Å²) < 4.78 is 11.3. The minimum Gasteiger partial charge on any atom is -0.486 e. The van der Waals surface area contributed by atoms with Crippen LogP contribution in [0, 0.1) is 0 Å². The Kier molecular flexibility index (Phi) is 4.03. The van der Waals surface area contributed by atoms with Crippen LogP contribution >= 0.6 is 0 Å². The van der Waals surface area contributed by atoms with Gasteiger partial charge in [-0.25, -0.2) is 0 Å². The molecule has 2 aromatic rings. The van der Waals surface area contributed by atoms with E-state index in [2.05, 4.69) is 53.4 Å². The quantitative estimate of drug-likeness (QED) is 0.862. The van der Waals surface area contributed by atoms with Crippen LogP contribution in [0.15, 0.2) is 54.6 Å². The zero-order valence-corrected chi connectivity index (χ0v) is 13.2. The van der Waals surface area contributed by atoms with Crippen molar-refractivity contribution >= 4 is 5.57 Å². The van der Waals surface area contributed by atoms with Crippen LogP contribution in [0.25, 0.3) is 5.57 Å². The predicted octanol–water partition coefficient (Wildman–Crippen LogP) is 3.75. The van der Waals surface area contributed by atoms with E-state index in [0.29, 0.717) is 13.2 Å². The van der Waals surface area contributed by atoms with Gasteiger partial charge >= 0.3 is 0 Å². The summed E-state index contributed by atoms with van der Waals surface area (Å²) in [5.41, 5.74) is 4.10. The summed E-state index contributed by atoms with van der Waals surface area (Å²) in [7, 11) is 0. The van der Waals surface area contributed by atoms with Gasteiger partial charge in [-0.2, -0.15) is 0 Å². The van der Waals surface area contributed by atoms with Crippen LogP contribution in [0.5, 0.6) is 11.5 Å². The van der Waals surface area contributed by atoms with Crippen LogP contribution in [-0.4, -0.2) is 31.2 Å². The Bertz CT molecular complexity index is 709. The molecule has 0 saturated heterocycles. The number of benzene rings is 2. The molecule has 23 heavy (non-hydrogen) atoms. The molecule has 0 unspecified atom stereocenters. The Morgan fingerprint density at radius 1 is 0.913 bits per heavy atom. The van der Waals surface area contributed by atoms with Crippen LogP contribution in [0.1, 0.15) is 17.5 Å². The van der Waals surface area contributed by atoms with Crippen molar-refractivity contribution in [3.8, 4) is 11.5 Å². The maximum atomic E-state index is 5.67. The van der Waals surface area contributed by atoms with E-state index in [-0.39, 0.29) is 0 Å². The summed E-state index contributed by atoms with van der Waals surface area (Å²) in [5.74, 6) is 1.75. The third-order valence-corrected chi connectivity index (χ3v) is 4.45. The molecular formula is C20H21NO2. The molecule has 2 aromatic carbocycles. The molecule has 3 heteroatoms. The van der Waals surface area contributed by atoms with Gasteiger partial charge in [0.05, 0.1) is 0 Å². The Morgan fingerprint density at radius 2 is 1.74 bits per heavy atom. The molecule has 0 bridgehead atoms. The smallest absolute Gasteiger partial charge is 0.161 e. The van der Waals surface area contributed by atoms with Gasteiger partial charge in [0.1, 0.15) is 13.2 Å². The molecule has 2 aliphatic rings. The van der Waals surface area contributed by atoms with E-state index in [0.717, 1.165) is 37.6 Å². The first-order chi connectivity index (χ1) is 11.4. The van der Waals surface area contributed by atoms with Gasteiger partial charge in [0.25, 0.3) is 0 Å². The lowest BCUT2D eigenvalue weighted by Crippen LogP contribution is -2.28. The lowest BCUT2D eigenvalue weighted by molar-refractivity contribution is 0.171.